The van der Waals surface area contributed by atoms with E-state index in [2.05, 4.69) is 25.4 Å². The Hall–Kier alpha value is -3.04. The van der Waals surface area contributed by atoms with E-state index in [1.165, 1.54) is 11.3 Å². The molecule has 0 aliphatic carbocycles. The van der Waals surface area contributed by atoms with Crippen molar-refractivity contribution in [3.05, 3.63) is 46.3 Å². The normalized spacial score (nSPS) is 14.7. The lowest BCUT2D eigenvalue weighted by Crippen LogP contribution is -2.36. The minimum Gasteiger partial charge on any atom is -0.378 e. The molecule has 2 aromatic heterocycles. The zero-order chi connectivity index (χ0) is 19.5. The molecule has 1 saturated heterocycles. The van der Waals surface area contributed by atoms with Gasteiger partial charge in [-0.3, -0.25) is 4.79 Å². The van der Waals surface area contributed by atoms with Crippen molar-refractivity contribution in [1.82, 2.24) is 9.97 Å². The van der Waals surface area contributed by atoms with Gasteiger partial charge in [0.25, 0.3) is 5.91 Å². The van der Waals surface area contributed by atoms with Crippen LogP contribution in [-0.2, 0) is 4.74 Å². The fourth-order valence-electron chi connectivity index (χ4n) is 2.99. The molecule has 0 atom stereocenters. The number of benzene rings is 1. The lowest BCUT2D eigenvalue weighted by atomic mass is 10.2. The minimum absolute atomic E-state index is 0.367. The minimum atomic E-state index is -0.470. The van der Waals surface area contributed by atoms with Crippen LogP contribution in [0.25, 0.3) is 10.2 Å². The molecule has 8 nitrogen and oxygen atoms in total. The maximum atomic E-state index is 11.6. The first-order valence-electron chi connectivity index (χ1n) is 8.90. The Balaban J connectivity index is 1.66. The maximum Gasteiger partial charge on any atom is 0.258 e. The molecule has 3 heterocycles. The van der Waals surface area contributed by atoms with Gasteiger partial charge in [0, 0.05) is 13.1 Å². The highest BCUT2D eigenvalue weighted by atomic mass is 32.1. The number of ether oxygens (including phenoxy) is 1. The monoisotopic (exact) mass is 396 g/mol. The molecule has 1 aliphatic rings. The highest BCUT2D eigenvalue weighted by Gasteiger charge is 2.20. The summed E-state index contributed by atoms with van der Waals surface area (Å²) in [6.07, 6.45) is 1.72. The molecule has 0 spiro atoms. The van der Waals surface area contributed by atoms with Crippen LogP contribution in [0.15, 0.2) is 35.4 Å². The smallest absolute Gasteiger partial charge is 0.258 e. The van der Waals surface area contributed by atoms with Crippen molar-refractivity contribution in [2.75, 3.05) is 36.6 Å². The second-order valence-corrected chi connectivity index (χ2v) is 7.50. The molecule has 9 heteroatoms. The number of carbonyl (C=O) groups is 1. The number of amides is 1. The predicted molar refractivity (Wildman–Crippen MR) is 111 cm³/mol. The van der Waals surface area contributed by atoms with Crippen molar-refractivity contribution in [2.45, 2.75) is 6.92 Å². The molecular formula is C19H20N6O2S. The number of aromatic nitrogens is 2. The number of rotatable bonds is 5. The zero-order valence-electron chi connectivity index (χ0n) is 15.4. The van der Waals surface area contributed by atoms with Gasteiger partial charge in [-0.2, -0.15) is 10.1 Å². The quantitative estimate of drug-likeness (QED) is 0.507. The average molecular weight is 396 g/mol. The number of nitrogens with two attached hydrogens (primary N) is 1. The number of primary amides is 1. The topological polar surface area (TPSA) is 106 Å². The molecule has 1 fully saturated rings. The van der Waals surface area contributed by atoms with Crippen molar-refractivity contribution in [3.8, 4) is 0 Å². The SMILES string of the molecule is Cc1cccc(/C=N/Nc2nc(N3CCOCC3)c3sc(C(N)=O)cc3n2)c1. The molecule has 1 amide bonds. The summed E-state index contributed by atoms with van der Waals surface area (Å²) >= 11 is 1.31. The van der Waals surface area contributed by atoms with E-state index in [-0.39, 0.29) is 0 Å². The van der Waals surface area contributed by atoms with E-state index in [0.29, 0.717) is 29.6 Å². The molecule has 1 aliphatic heterocycles. The number of morpholine rings is 1. The van der Waals surface area contributed by atoms with Crippen LogP contribution in [0.3, 0.4) is 0 Å². The number of nitrogens with zero attached hydrogens (tertiary/aromatic N) is 4. The number of anilines is 2. The number of hydrogen-bond donors (Lipinski definition) is 2. The van der Waals surface area contributed by atoms with Crippen LogP contribution < -0.4 is 16.1 Å². The van der Waals surface area contributed by atoms with Gasteiger partial charge in [0.2, 0.25) is 5.95 Å². The van der Waals surface area contributed by atoms with Crippen LogP contribution in [0.5, 0.6) is 0 Å². The fraction of sp³-hybridized carbons (Fsp3) is 0.263. The molecule has 144 valence electrons. The predicted octanol–water partition coefficient (Wildman–Crippen LogP) is 2.38. The van der Waals surface area contributed by atoms with Crippen LogP contribution in [-0.4, -0.2) is 48.4 Å². The van der Waals surface area contributed by atoms with Gasteiger partial charge in [-0.1, -0.05) is 29.8 Å². The maximum absolute atomic E-state index is 11.6. The van der Waals surface area contributed by atoms with Gasteiger partial charge in [-0.25, -0.2) is 10.4 Å². The molecule has 1 aromatic carbocycles. The van der Waals surface area contributed by atoms with E-state index in [0.717, 1.165) is 34.7 Å². The zero-order valence-corrected chi connectivity index (χ0v) is 16.2. The number of aryl methyl sites for hydroxylation is 1. The van der Waals surface area contributed by atoms with E-state index < -0.39 is 5.91 Å². The molecule has 3 N–H and O–H groups in total. The first-order valence-corrected chi connectivity index (χ1v) is 9.71. The van der Waals surface area contributed by atoms with E-state index in [1.54, 1.807) is 12.3 Å². The third kappa shape index (κ3) is 3.95. The van der Waals surface area contributed by atoms with Crippen LogP contribution in [0, 0.1) is 6.92 Å². The number of fused-ring (bicyclic) bond motifs is 1. The first kappa shape index (κ1) is 18.3. The summed E-state index contributed by atoms with van der Waals surface area (Å²) in [5, 5.41) is 4.26. The molecule has 28 heavy (non-hydrogen) atoms. The van der Waals surface area contributed by atoms with Gasteiger partial charge in [0.05, 0.1) is 34.5 Å². The van der Waals surface area contributed by atoms with Gasteiger partial charge < -0.3 is 15.4 Å². The number of carbonyl (C=O) groups excluding carboxylic acids is 1. The van der Waals surface area contributed by atoms with Gasteiger partial charge >= 0.3 is 0 Å². The average Bonchev–Trinajstić information content (AvgIpc) is 3.13. The van der Waals surface area contributed by atoms with Crippen LogP contribution >= 0.6 is 11.3 Å². The van der Waals surface area contributed by atoms with E-state index in [4.69, 9.17) is 10.5 Å². The highest BCUT2D eigenvalue weighted by Crippen LogP contribution is 2.33. The molecule has 0 radical (unpaired) electrons. The van der Waals surface area contributed by atoms with Gasteiger partial charge in [-0.05, 0) is 18.6 Å². The Morgan fingerprint density at radius 3 is 2.89 bits per heavy atom. The summed E-state index contributed by atoms with van der Waals surface area (Å²) in [6, 6.07) is 9.71. The number of thiophene rings is 1. The summed E-state index contributed by atoms with van der Waals surface area (Å²) in [4.78, 5) is 23.3. The number of hydrazone groups is 1. The van der Waals surface area contributed by atoms with Crippen molar-refractivity contribution < 1.29 is 9.53 Å². The number of hydrogen-bond acceptors (Lipinski definition) is 8. The van der Waals surface area contributed by atoms with Crippen molar-refractivity contribution in [1.29, 1.82) is 0 Å². The second-order valence-electron chi connectivity index (χ2n) is 6.44. The lowest BCUT2D eigenvalue weighted by molar-refractivity contribution is 0.100. The largest absolute Gasteiger partial charge is 0.378 e. The van der Waals surface area contributed by atoms with Crippen LogP contribution in [0.2, 0.25) is 0 Å². The lowest BCUT2D eigenvalue weighted by Gasteiger charge is -2.28. The molecule has 4 rings (SSSR count). The van der Waals surface area contributed by atoms with Crippen LogP contribution in [0.1, 0.15) is 20.8 Å². The van der Waals surface area contributed by atoms with E-state index in [9.17, 15) is 4.79 Å². The molecule has 0 bridgehead atoms. The van der Waals surface area contributed by atoms with E-state index in [1.807, 2.05) is 31.2 Å². The van der Waals surface area contributed by atoms with Crippen molar-refractivity contribution in [2.24, 2.45) is 10.8 Å². The molecular weight excluding hydrogens is 376 g/mol. The summed E-state index contributed by atoms with van der Waals surface area (Å²) in [5.74, 6) is 0.661. The van der Waals surface area contributed by atoms with Gasteiger partial charge in [0.1, 0.15) is 0 Å². The highest BCUT2D eigenvalue weighted by molar-refractivity contribution is 7.21. The Kier molecular flexibility index (Phi) is 5.18. The van der Waals surface area contributed by atoms with Gasteiger partial charge in [-0.15, -0.1) is 11.3 Å². The summed E-state index contributed by atoms with van der Waals surface area (Å²) in [7, 11) is 0. The fourth-order valence-corrected chi connectivity index (χ4v) is 3.96. The molecule has 0 unspecified atom stereocenters. The van der Waals surface area contributed by atoms with Crippen LogP contribution in [0.4, 0.5) is 11.8 Å². The summed E-state index contributed by atoms with van der Waals surface area (Å²) in [5.41, 5.74) is 11.2. The molecule has 3 aromatic rings. The third-order valence-corrected chi connectivity index (χ3v) is 5.46. The van der Waals surface area contributed by atoms with Gasteiger partial charge in [0.15, 0.2) is 5.82 Å². The summed E-state index contributed by atoms with van der Waals surface area (Å²) < 4.78 is 6.27. The Bertz CT molecular complexity index is 1040. The molecule has 0 saturated carbocycles. The van der Waals surface area contributed by atoms with E-state index >= 15 is 0 Å². The summed E-state index contributed by atoms with van der Waals surface area (Å²) in [6.45, 7) is 4.74. The van der Waals surface area contributed by atoms with Crippen molar-refractivity contribution >= 4 is 45.4 Å². The number of nitrogens with one attached hydrogen (secondary N) is 1. The third-order valence-electron chi connectivity index (χ3n) is 4.33. The Morgan fingerprint density at radius 1 is 1.32 bits per heavy atom. The Morgan fingerprint density at radius 2 is 2.14 bits per heavy atom. The standard InChI is InChI=1S/C19H20N6O2S/c1-12-3-2-4-13(9-12)11-21-24-19-22-14-10-15(17(20)26)28-16(14)18(23-19)25-5-7-27-8-6-25/h2-4,9-11H,5-8H2,1H3,(H2,20,26)(H,22,23,24)/b21-11+. The Labute approximate surface area is 166 Å². The van der Waals surface area contributed by atoms with Crippen molar-refractivity contribution in [3.63, 3.8) is 0 Å². The first-order chi connectivity index (χ1) is 13.6. The second kappa shape index (κ2) is 7.91.